The maximum atomic E-state index is 13.1. The van der Waals surface area contributed by atoms with Crippen LogP contribution in [0.2, 0.25) is 0 Å². The number of anilines is 2. The second-order valence-electron chi connectivity index (χ2n) is 8.49. The number of hydrogen-bond donors (Lipinski definition) is 0. The largest absolute Gasteiger partial charge is 0.353 e. The molecule has 0 unspecified atom stereocenters. The van der Waals surface area contributed by atoms with Gasteiger partial charge in [0.15, 0.2) is 0 Å². The van der Waals surface area contributed by atoms with Crippen LogP contribution in [0.4, 0.5) is 11.5 Å². The lowest BCUT2D eigenvalue weighted by atomic mass is 10.1. The predicted molar refractivity (Wildman–Crippen MR) is 130 cm³/mol. The van der Waals surface area contributed by atoms with Crippen molar-refractivity contribution in [3.05, 3.63) is 48.7 Å². The van der Waals surface area contributed by atoms with Gasteiger partial charge in [-0.05, 0) is 36.4 Å². The molecule has 9 nitrogen and oxygen atoms in total. The Labute approximate surface area is 201 Å². The van der Waals surface area contributed by atoms with E-state index in [-0.39, 0.29) is 23.1 Å². The molecule has 4 rings (SSSR count). The molecule has 2 fully saturated rings. The smallest absolute Gasteiger partial charge is 0.243 e. The molecular formula is C24H31N5O4S. The number of nitrogens with zero attached hydrogens (tertiary/aromatic N) is 5. The SMILES string of the molecule is CCN(CC)S(=O)(=O)c1ccc(N2C[C@H](C(=O)N3CCN(c4ccccn4)CC3)CC2=O)cc1. The molecule has 0 bridgehead atoms. The van der Waals surface area contributed by atoms with Crippen LogP contribution in [0, 0.1) is 5.92 Å². The van der Waals surface area contributed by atoms with Crippen LogP contribution < -0.4 is 9.80 Å². The summed E-state index contributed by atoms with van der Waals surface area (Å²) in [4.78, 5) is 36.0. The van der Waals surface area contributed by atoms with Gasteiger partial charge in [0.25, 0.3) is 0 Å². The van der Waals surface area contributed by atoms with Gasteiger partial charge in [0.2, 0.25) is 21.8 Å². The van der Waals surface area contributed by atoms with Crippen LogP contribution in [0.25, 0.3) is 0 Å². The lowest BCUT2D eigenvalue weighted by Crippen LogP contribution is -2.51. The summed E-state index contributed by atoms with van der Waals surface area (Å²) in [5.41, 5.74) is 0.610. The van der Waals surface area contributed by atoms with Gasteiger partial charge in [0, 0.05) is 64.1 Å². The molecule has 0 radical (unpaired) electrons. The maximum absolute atomic E-state index is 13.1. The van der Waals surface area contributed by atoms with Gasteiger partial charge >= 0.3 is 0 Å². The number of carbonyl (C=O) groups excluding carboxylic acids is 2. The molecule has 1 aromatic heterocycles. The Kier molecular flexibility index (Phi) is 7.18. The van der Waals surface area contributed by atoms with Gasteiger partial charge < -0.3 is 14.7 Å². The number of benzene rings is 1. The summed E-state index contributed by atoms with van der Waals surface area (Å²) < 4.78 is 26.8. The summed E-state index contributed by atoms with van der Waals surface area (Å²) in [6, 6.07) is 12.1. The van der Waals surface area contributed by atoms with Gasteiger partial charge in [-0.3, -0.25) is 9.59 Å². The number of piperazine rings is 1. The van der Waals surface area contributed by atoms with Crippen LogP contribution in [-0.4, -0.2) is 80.2 Å². The van der Waals surface area contributed by atoms with E-state index in [4.69, 9.17) is 0 Å². The fourth-order valence-electron chi connectivity index (χ4n) is 4.59. The monoisotopic (exact) mass is 485 g/mol. The number of pyridine rings is 1. The minimum absolute atomic E-state index is 0.00254. The molecule has 2 aliphatic rings. The molecule has 3 heterocycles. The van der Waals surface area contributed by atoms with Gasteiger partial charge in [-0.15, -0.1) is 0 Å². The zero-order valence-corrected chi connectivity index (χ0v) is 20.4. The van der Waals surface area contributed by atoms with Crippen LogP contribution >= 0.6 is 0 Å². The minimum Gasteiger partial charge on any atom is -0.353 e. The fourth-order valence-corrected chi connectivity index (χ4v) is 6.05. The number of sulfonamides is 1. The Morgan fingerprint density at radius 1 is 1.03 bits per heavy atom. The molecule has 0 aliphatic carbocycles. The summed E-state index contributed by atoms with van der Waals surface area (Å²) >= 11 is 0. The third kappa shape index (κ3) is 4.78. The standard InChI is InChI=1S/C24H31N5O4S/c1-3-28(4-2)34(32,33)21-10-8-20(9-11-21)29-18-19(17-23(29)30)24(31)27-15-13-26(14-16-27)22-7-5-6-12-25-22/h5-12,19H,3-4,13-18H2,1-2H3/t19-/m1/s1. The Bertz CT molecular complexity index is 1110. The number of hydrogen-bond acceptors (Lipinski definition) is 6. The van der Waals surface area contributed by atoms with Crippen molar-refractivity contribution in [2.24, 2.45) is 5.92 Å². The Morgan fingerprint density at radius 3 is 2.29 bits per heavy atom. The van der Waals surface area contributed by atoms with Crippen molar-refractivity contribution in [3.8, 4) is 0 Å². The molecule has 182 valence electrons. The normalized spacial score (nSPS) is 19.2. The lowest BCUT2D eigenvalue weighted by Gasteiger charge is -2.36. The van der Waals surface area contributed by atoms with Crippen LogP contribution in [0.1, 0.15) is 20.3 Å². The second-order valence-corrected chi connectivity index (χ2v) is 10.4. The van der Waals surface area contributed by atoms with Gasteiger partial charge in [-0.25, -0.2) is 13.4 Å². The third-order valence-electron chi connectivity index (χ3n) is 6.53. The highest BCUT2D eigenvalue weighted by atomic mass is 32.2. The van der Waals surface area contributed by atoms with Crippen LogP contribution in [-0.2, 0) is 19.6 Å². The van der Waals surface area contributed by atoms with E-state index in [9.17, 15) is 18.0 Å². The fraction of sp³-hybridized carbons (Fsp3) is 0.458. The molecule has 10 heteroatoms. The summed E-state index contributed by atoms with van der Waals surface area (Å²) in [7, 11) is -3.56. The summed E-state index contributed by atoms with van der Waals surface area (Å²) in [5.74, 6) is 0.387. The highest BCUT2D eigenvalue weighted by Gasteiger charge is 2.38. The van der Waals surface area contributed by atoms with E-state index in [1.54, 1.807) is 37.1 Å². The van der Waals surface area contributed by atoms with Crippen molar-refractivity contribution >= 4 is 33.3 Å². The van der Waals surface area contributed by atoms with Crippen molar-refractivity contribution in [2.45, 2.75) is 25.2 Å². The van der Waals surface area contributed by atoms with E-state index in [2.05, 4.69) is 9.88 Å². The Hall–Kier alpha value is -2.98. The first kappa shape index (κ1) is 24.2. The van der Waals surface area contributed by atoms with Crippen molar-refractivity contribution in [1.29, 1.82) is 0 Å². The molecule has 34 heavy (non-hydrogen) atoms. The summed E-state index contributed by atoms with van der Waals surface area (Å²) in [5, 5.41) is 0. The van der Waals surface area contributed by atoms with Gasteiger partial charge in [0.1, 0.15) is 5.82 Å². The Balaban J connectivity index is 1.38. The predicted octanol–water partition coefficient (Wildman–Crippen LogP) is 1.81. The summed E-state index contributed by atoms with van der Waals surface area (Å²) in [6.07, 6.45) is 1.93. The van der Waals surface area contributed by atoms with E-state index < -0.39 is 15.9 Å². The summed E-state index contributed by atoms with van der Waals surface area (Å²) in [6.45, 7) is 7.29. The molecule has 0 saturated carbocycles. The van der Waals surface area contributed by atoms with E-state index in [1.807, 2.05) is 23.1 Å². The molecule has 0 spiro atoms. The molecule has 2 saturated heterocycles. The molecule has 2 aromatic rings. The quantitative estimate of drug-likeness (QED) is 0.594. The number of amides is 2. The van der Waals surface area contributed by atoms with E-state index in [0.717, 1.165) is 5.82 Å². The van der Waals surface area contributed by atoms with Crippen molar-refractivity contribution in [3.63, 3.8) is 0 Å². The van der Waals surface area contributed by atoms with E-state index in [0.29, 0.717) is 51.5 Å². The number of carbonyl (C=O) groups is 2. The average molecular weight is 486 g/mol. The Morgan fingerprint density at radius 2 is 1.71 bits per heavy atom. The highest BCUT2D eigenvalue weighted by molar-refractivity contribution is 7.89. The van der Waals surface area contributed by atoms with Crippen molar-refractivity contribution in [1.82, 2.24) is 14.2 Å². The zero-order chi connectivity index (χ0) is 24.3. The molecule has 1 aromatic carbocycles. The molecule has 2 amide bonds. The van der Waals surface area contributed by atoms with Crippen LogP contribution in [0.15, 0.2) is 53.6 Å². The van der Waals surface area contributed by atoms with E-state index >= 15 is 0 Å². The average Bonchev–Trinajstić information content (AvgIpc) is 3.26. The van der Waals surface area contributed by atoms with Gasteiger partial charge in [-0.1, -0.05) is 19.9 Å². The zero-order valence-electron chi connectivity index (χ0n) is 19.6. The maximum Gasteiger partial charge on any atom is 0.243 e. The van der Waals surface area contributed by atoms with Gasteiger partial charge in [-0.2, -0.15) is 4.31 Å². The second kappa shape index (κ2) is 10.1. The lowest BCUT2D eigenvalue weighted by molar-refractivity contribution is -0.136. The topological polar surface area (TPSA) is 94.1 Å². The number of rotatable bonds is 7. The molecule has 0 N–H and O–H groups in total. The van der Waals surface area contributed by atoms with Crippen LogP contribution in [0.5, 0.6) is 0 Å². The number of aromatic nitrogens is 1. The first-order chi connectivity index (χ1) is 16.3. The minimum atomic E-state index is -3.56. The van der Waals surface area contributed by atoms with Crippen molar-refractivity contribution < 1.29 is 18.0 Å². The van der Waals surface area contributed by atoms with E-state index in [1.165, 1.54) is 16.4 Å². The first-order valence-corrected chi connectivity index (χ1v) is 13.1. The molecular weight excluding hydrogens is 454 g/mol. The third-order valence-corrected chi connectivity index (χ3v) is 8.59. The molecule has 2 aliphatic heterocycles. The van der Waals surface area contributed by atoms with Crippen molar-refractivity contribution in [2.75, 3.05) is 55.6 Å². The highest BCUT2D eigenvalue weighted by Crippen LogP contribution is 2.28. The van der Waals surface area contributed by atoms with Crippen LogP contribution in [0.3, 0.4) is 0 Å². The first-order valence-electron chi connectivity index (χ1n) is 11.7. The van der Waals surface area contributed by atoms with Gasteiger partial charge in [0.05, 0.1) is 10.8 Å². The molecule has 1 atom stereocenters.